The zero-order chi connectivity index (χ0) is 22.0. The van der Waals surface area contributed by atoms with E-state index in [2.05, 4.69) is 61.9 Å². The number of ether oxygens (including phenoxy) is 2. The van der Waals surface area contributed by atoms with E-state index in [1.165, 1.54) is 55.0 Å². The lowest BCUT2D eigenvalue weighted by molar-refractivity contribution is -0.140. The van der Waals surface area contributed by atoms with Crippen molar-refractivity contribution in [1.29, 1.82) is 0 Å². The van der Waals surface area contributed by atoms with Crippen molar-refractivity contribution in [3.05, 3.63) is 53.2 Å². The van der Waals surface area contributed by atoms with Gasteiger partial charge in [-0.2, -0.15) is 0 Å². The molecule has 1 heterocycles. The van der Waals surface area contributed by atoms with Gasteiger partial charge in [-0.25, -0.2) is 0 Å². The number of aryl methyl sites for hydroxylation is 3. The van der Waals surface area contributed by atoms with Crippen LogP contribution >= 0.6 is 0 Å². The first-order valence-electron chi connectivity index (χ1n) is 11.4. The lowest BCUT2D eigenvalue weighted by Crippen LogP contribution is -2.09. The zero-order valence-corrected chi connectivity index (χ0v) is 19.2. The van der Waals surface area contributed by atoms with Gasteiger partial charge >= 0.3 is 5.97 Å². The van der Waals surface area contributed by atoms with Gasteiger partial charge in [-0.1, -0.05) is 25.0 Å². The molecule has 4 rings (SSSR count). The summed E-state index contributed by atoms with van der Waals surface area (Å²) in [5.74, 6) is 1.41. The van der Waals surface area contributed by atoms with Gasteiger partial charge in [-0.05, 0) is 80.0 Å². The van der Waals surface area contributed by atoms with Gasteiger partial charge in [-0.3, -0.25) is 4.79 Å². The normalized spacial score (nSPS) is 14.3. The Labute approximate surface area is 185 Å². The average molecular weight is 420 g/mol. The number of fused-ring (bicyclic) bond motifs is 1. The summed E-state index contributed by atoms with van der Waals surface area (Å²) in [7, 11) is 3.56. The standard InChI is InChI=1S/C27H33NO3/c1-18-19(2)28(3)25-12-11-22(16-23(18)25)24-15-20(10-14-27(29)30-4)9-13-26(24)31-17-21-7-5-6-8-21/h9,11-13,15-16,21H,5-8,10,14,17H2,1-4H3. The molecule has 4 heteroatoms. The van der Waals surface area contributed by atoms with Gasteiger partial charge in [0.1, 0.15) is 5.75 Å². The van der Waals surface area contributed by atoms with Crippen molar-refractivity contribution in [1.82, 2.24) is 4.57 Å². The van der Waals surface area contributed by atoms with Crippen LogP contribution in [0.1, 0.15) is 48.9 Å². The Morgan fingerprint density at radius 3 is 2.61 bits per heavy atom. The first-order valence-corrected chi connectivity index (χ1v) is 11.4. The second kappa shape index (κ2) is 9.17. The van der Waals surface area contributed by atoms with Gasteiger partial charge in [0.15, 0.2) is 0 Å². The molecule has 4 nitrogen and oxygen atoms in total. The van der Waals surface area contributed by atoms with E-state index in [4.69, 9.17) is 9.47 Å². The molecular weight excluding hydrogens is 386 g/mol. The fourth-order valence-corrected chi connectivity index (χ4v) is 4.74. The molecule has 0 unspecified atom stereocenters. The monoisotopic (exact) mass is 419 g/mol. The summed E-state index contributed by atoms with van der Waals surface area (Å²) in [5.41, 5.74) is 7.22. The summed E-state index contributed by atoms with van der Waals surface area (Å²) in [6.07, 6.45) is 6.21. The number of methoxy groups -OCH3 is 1. The van der Waals surface area contributed by atoms with Crippen molar-refractivity contribution in [3.8, 4) is 16.9 Å². The Kier molecular flexibility index (Phi) is 6.35. The summed E-state index contributed by atoms with van der Waals surface area (Å²) < 4.78 is 13.4. The van der Waals surface area contributed by atoms with E-state index in [-0.39, 0.29) is 5.97 Å². The molecule has 1 aliphatic rings. The highest BCUT2D eigenvalue weighted by Gasteiger charge is 2.18. The topological polar surface area (TPSA) is 40.5 Å². The van der Waals surface area contributed by atoms with Crippen LogP contribution in [0.25, 0.3) is 22.0 Å². The van der Waals surface area contributed by atoms with Crippen LogP contribution in [-0.2, 0) is 23.0 Å². The highest BCUT2D eigenvalue weighted by molar-refractivity contribution is 5.90. The number of hydrogen-bond donors (Lipinski definition) is 0. The molecular formula is C27H33NO3. The number of benzene rings is 2. The molecule has 164 valence electrons. The molecule has 31 heavy (non-hydrogen) atoms. The first-order chi connectivity index (χ1) is 15.0. The SMILES string of the molecule is COC(=O)CCc1ccc(OCC2CCCC2)c(-c2ccc3c(c2)c(C)c(C)n3C)c1. The second-order valence-electron chi connectivity index (χ2n) is 8.87. The Balaban J connectivity index is 1.70. The van der Waals surface area contributed by atoms with Crippen LogP contribution in [-0.4, -0.2) is 24.3 Å². The van der Waals surface area contributed by atoms with Crippen LogP contribution in [0, 0.1) is 19.8 Å². The number of rotatable bonds is 7. The molecule has 0 aliphatic heterocycles. The maximum Gasteiger partial charge on any atom is 0.305 e. The minimum atomic E-state index is -0.181. The number of aromatic nitrogens is 1. The van der Waals surface area contributed by atoms with E-state index in [1.807, 2.05) is 0 Å². The van der Waals surface area contributed by atoms with E-state index in [9.17, 15) is 4.79 Å². The highest BCUT2D eigenvalue weighted by atomic mass is 16.5. The summed E-state index contributed by atoms with van der Waals surface area (Å²) >= 11 is 0. The van der Waals surface area contributed by atoms with Crippen molar-refractivity contribution in [2.45, 2.75) is 52.4 Å². The molecule has 1 aromatic heterocycles. The molecule has 1 saturated carbocycles. The Bertz CT molecular complexity index is 1090. The predicted molar refractivity (Wildman–Crippen MR) is 126 cm³/mol. The highest BCUT2D eigenvalue weighted by Crippen LogP contribution is 2.36. The largest absolute Gasteiger partial charge is 0.493 e. The van der Waals surface area contributed by atoms with E-state index >= 15 is 0 Å². The summed E-state index contributed by atoms with van der Waals surface area (Å²) in [5, 5.41) is 1.28. The number of hydrogen-bond acceptors (Lipinski definition) is 3. The molecule has 0 bridgehead atoms. The molecule has 1 aliphatic carbocycles. The van der Waals surface area contributed by atoms with E-state index < -0.39 is 0 Å². The van der Waals surface area contributed by atoms with Gasteiger partial charge < -0.3 is 14.0 Å². The Hall–Kier alpha value is -2.75. The molecule has 0 atom stereocenters. The number of esters is 1. The lowest BCUT2D eigenvalue weighted by atomic mass is 9.98. The van der Waals surface area contributed by atoms with Gasteiger partial charge in [0.25, 0.3) is 0 Å². The van der Waals surface area contributed by atoms with Gasteiger partial charge in [0, 0.05) is 35.6 Å². The first kappa shape index (κ1) is 21.5. The zero-order valence-electron chi connectivity index (χ0n) is 19.2. The smallest absolute Gasteiger partial charge is 0.305 e. The Morgan fingerprint density at radius 2 is 1.87 bits per heavy atom. The number of carbonyl (C=O) groups excluding carboxylic acids is 1. The third-order valence-electron chi connectivity index (χ3n) is 6.96. The fraction of sp³-hybridized carbons (Fsp3) is 0.444. The molecule has 0 radical (unpaired) electrons. The fourth-order valence-electron chi connectivity index (χ4n) is 4.74. The van der Waals surface area contributed by atoms with Crippen LogP contribution in [0.2, 0.25) is 0 Å². The minimum absolute atomic E-state index is 0.181. The van der Waals surface area contributed by atoms with E-state index in [0.717, 1.165) is 29.0 Å². The van der Waals surface area contributed by atoms with Crippen LogP contribution < -0.4 is 4.74 Å². The van der Waals surface area contributed by atoms with Gasteiger partial charge in [0.2, 0.25) is 0 Å². The molecule has 0 amide bonds. The van der Waals surface area contributed by atoms with E-state index in [1.54, 1.807) is 0 Å². The summed E-state index contributed by atoms with van der Waals surface area (Å²) in [4.78, 5) is 11.6. The maximum absolute atomic E-state index is 11.6. The van der Waals surface area contributed by atoms with Crippen LogP contribution in [0.5, 0.6) is 5.75 Å². The van der Waals surface area contributed by atoms with Crippen LogP contribution in [0.3, 0.4) is 0 Å². The molecule has 3 aromatic rings. The van der Waals surface area contributed by atoms with Crippen molar-refractivity contribution in [2.24, 2.45) is 13.0 Å². The van der Waals surface area contributed by atoms with Crippen LogP contribution in [0.4, 0.5) is 0 Å². The molecule has 0 N–H and O–H groups in total. The molecule has 0 saturated heterocycles. The van der Waals surface area contributed by atoms with Crippen molar-refractivity contribution in [3.63, 3.8) is 0 Å². The van der Waals surface area contributed by atoms with Crippen LogP contribution in [0.15, 0.2) is 36.4 Å². The second-order valence-corrected chi connectivity index (χ2v) is 8.87. The number of carbonyl (C=O) groups is 1. The minimum Gasteiger partial charge on any atom is -0.493 e. The van der Waals surface area contributed by atoms with Gasteiger partial charge in [0.05, 0.1) is 13.7 Å². The average Bonchev–Trinajstić information content (AvgIpc) is 3.39. The Morgan fingerprint density at radius 1 is 1.10 bits per heavy atom. The molecule has 0 spiro atoms. The quantitative estimate of drug-likeness (QED) is 0.432. The molecule has 2 aromatic carbocycles. The number of nitrogens with zero attached hydrogens (tertiary/aromatic N) is 1. The van der Waals surface area contributed by atoms with Crippen molar-refractivity contribution < 1.29 is 14.3 Å². The third kappa shape index (κ3) is 4.48. The van der Waals surface area contributed by atoms with E-state index in [0.29, 0.717) is 18.8 Å². The summed E-state index contributed by atoms with van der Waals surface area (Å²) in [6.45, 7) is 5.13. The summed E-state index contributed by atoms with van der Waals surface area (Å²) in [6, 6.07) is 13.0. The van der Waals surface area contributed by atoms with Crippen molar-refractivity contribution >= 4 is 16.9 Å². The predicted octanol–water partition coefficient (Wildman–Crippen LogP) is 6.14. The van der Waals surface area contributed by atoms with Crippen molar-refractivity contribution in [2.75, 3.05) is 13.7 Å². The van der Waals surface area contributed by atoms with Gasteiger partial charge in [-0.15, -0.1) is 0 Å². The lowest BCUT2D eigenvalue weighted by Gasteiger charge is -2.16. The maximum atomic E-state index is 11.6. The molecule has 1 fully saturated rings. The third-order valence-corrected chi connectivity index (χ3v) is 6.96.